The van der Waals surface area contributed by atoms with E-state index < -0.39 is 10.0 Å². The second-order valence-corrected chi connectivity index (χ2v) is 10.9. The van der Waals surface area contributed by atoms with Gasteiger partial charge in [0.15, 0.2) is 0 Å². The first-order chi connectivity index (χ1) is 15.1. The van der Waals surface area contributed by atoms with Gasteiger partial charge < -0.3 is 10.1 Å². The van der Waals surface area contributed by atoms with Crippen molar-refractivity contribution in [2.24, 2.45) is 0 Å². The first kappa shape index (κ1) is 24.4. The van der Waals surface area contributed by atoms with Crippen molar-refractivity contribution in [2.75, 3.05) is 27.2 Å². The van der Waals surface area contributed by atoms with Gasteiger partial charge in [-0.3, -0.25) is 9.69 Å². The van der Waals surface area contributed by atoms with Crippen molar-refractivity contribution >= 4 is 15.9 Å². The van der Waals surface area contributed by atoms with Gasteiger partial charge in [0.05, 0.1) is 23.1 Å². The molecular weight excluding hydrogens is 426 g/mol. The highest BCUT2D eigenvalue weighted by molar-refractivity contribution is 7.89. The predicted octanol–water partition coefficient (Wildman–Crippen LogP) is 3.04. The van der Waals surface area contributed by atoms with Crippen LogP contribution in [0.2, 0.25) is 0 Å². The highest BCUT2D eigenvalue weighted by atomic mass is 32.2. The number of morpholine rings is 1. The van der Waals surface area contributed by atoms with Crippen molar-refractivity contribution in [2.45, 2.75) is 50.5 Å². The second kappa shape index (κ2) is 10.1. The van der Waals surface area contributed by atoms with Gasteiger partial charge in [0.25, 0.3) is 5.91 Å². The summed E-state index contributed by atoms with van der Waals surface area (Å²) in [6.07, 6.45) is 0.449. The number of hydrogen-bond donors (Lipinski definition) is 1. The lowest BCUT2D eigenvalue weighted by Gasteiger charge is -2.35. The highest BCUT2D eigenvalue weighted by Crippen LogP contribution is 2.19. The van der Waals surface area contributed by atoms with Gasteiger partial charge in [0.1, 0.15) is 0 Å². The first-order valence-electron chi connectivity index (χ1n) is 10.9. The zero-order valence-corrected chi connectivity index (χ0v) is 20.2. The van der Waals surface area contributed by atoms with Crippen molar-refractivity contribution in [3.63, 3.8) is 0 Å². The molecular formula is C24H33N3O4S. The summed E-state index contributed by atoms with van der Waals surface area (Å²) in [5.74, 6) is -0.164. The van der Waals surface area contributed by atoms with E-state index in [0.717, 1.165) is 30.8 Å². The topological polar surface area (TPSA) is 79.0 Å². The van der Waals surface area contributed by atoms with E-state index in [9.17, 15) is 13.2 Å². The van der Waals surface area contributed by atoms with Crippen LogP contribution in [0.5, 0.6) is 0 Å². The van der Waals surface area contributed by atoms with Gasteiger partial charge in [-0.2, -0.15) is 0 Å². The largest absolute Gasteiger partial charge is 0.373 e. The monoisotopic (exact) mass is 459 g/mol. The van der Waals surface area contributed by atoms with E-state index in [1.165, 1.54) is 18.4 Å². The van der Waals surface area contributed by atoms with Crippen molar-refractivity contribution in [1.82, 2.24) is 14.5 Å². The number of ether oxygens (including phenoxy) is 1. The van der Waals surface area contributed by atoms with Crippen molar-refractivity contribution in [3.8, 4) is 0 Å². The standard InChI is InChI=1S/C24H33N3O4S/c1-17-14-27(15-18(2)31-17)16-20-6-8-22(9-7-20)24(28)25-19(3)21-10-12-23(13-11-21)32(29,30)26(4)5/h6-13,17-19H,14-16H2,1-5H3,(H,25,28). The Morgan fingerprint density at radius 1 is 1.06 bits per heavy atom. The fourth-order valence-corrected chi connectivity index (χ4v) is 4.84. The lowest BCUT2D eigenvalue weighted by atomic mass is 10.1. The van der Waals surface area contributed by atoms with Crippen LogP contribution in [-0.4, -0.2) is 62.9 Å². The van der Waals surface area contributed by atoms with E-state index in [1.807, 2.05) is 31.2 Å². The van der Waals surface area contributed by atoms with Gasteiger partial charge in [0, 0.05) is 39.3 Å². The number of nitrogens with zero attached hydrogens (tertiary/aromatic N) is 2. The molecule has 1 aliphatic rings. The normalized spacial score (nSPS) is 20.8. The van der Waals surface area contributed by atoms with Crippen LogP contribution in [0.4, 0.5) is 0 Å². The Morgan fingerprint density at radius 3 is 2.16 bits per heavy atom. The number of carbonyl (C=O) groups is 1. The van der Waals surface area contributed by atoms with E-state index in [1.54, 1.807) is 24.3 Å². The minimum Gasteiger partial charge on any atom is -0.373 e. The van der Waals surface area contributed by atoms with Gasteiger partial charge in [-0.05, 0) is 56.2 Å². The van der Waals surface area contributed by atoms with Gasteiger partial charge in [0.2, 0.25) is 10.0 Å². The first-order valence-corrected chi connectivity index (χ1v) is 12.3. The Balaban J connectivity index is 1.59. The Bertz CT molecular complexity index is 1010. The van der Waals surface area contributed by atoms with Crippen molar-refractivity contribution in [1.29, 1.82) is 0 Å². The molecule has 1 heterocycles. The van der Waals surface area contributed by atoms with Gasteiger partial charge in [-0.1, -0.05) is 24.3 Å². The summed E-state index contributed by atoms with van der Waals surface area (Å²) < 4.78 is 31.4. The number of sulfonamides is 1. The Morgan fingerprint density at radius 2 is 1.62 bits per heavy atom. The predicted molar refractivity (Wildman–Crippen MR) is 125 cm³/mol. The maximum atomic E-state index is 12.7. The summed E-state index contributed by atoms with van der Waals surface area (Å²) >= 11 is 0. The van der Waals surface area contributed by atoms with Crippen LogP contribution >= 0.6 is 0 Å². The smallest absolute Gasteiger partial charge is 0.251 e. The van der Waals surface area contributed by atoms with E-state index >= 15 is 0 Å². The zero-order valence-electron chi connectivity index (χ0n) is 19.4. The molecule has 3 unspecified atom stereocenters. The van der Waals surface area contributed by atoms with Crippen LogP contribution in [0.25, 0.3) is 0 Å². The number of carbonyl (C=O) groups excluding carboxylic acids is 1. The Kier molecular flexibility index (Phi) is 7.71. The third-order valence-corrected chi connectivity index (χ3v) is 7.45. The van der Waals surface area contributed by atoms with E-state index in [0.29, 0.717) is 5.56 Å². The fraction of sp³-hybridized carbons (Fsp3) is 0.458. The molecule has 1 saturated heterocycles. The quantitative estimate of drug-likeness (QED) is 0.689. The van der Waals surface area contributed by atoms with Crippen LogP contribution in [-0.2, 0) is 21.3 Å². The molecule has 174 valence electrons. The van der Waals surface area contributed by atoms with Crippen LogP contribution in [0, 0.1) is 0 Å². The summed E-state index contributed by atoms with van der Waals surface area (Å²) in [4.78, 5) is 15.3. The molecule has 0 bridgehead atoms. The summed E-state index contributed by atoms with van der Waals surface area (Å²) in [5.41, 5.74) is 2.59. The van der Waals surface area contributed by atoms with Gasteiger partial charge >= 0.3 is 0 Å². The molecule has 8 heteroatoms. The zero-order chi connectivity index (χ0) is 23.5. The minimum atomic E-state index is -3.47. The van der Waals surface area contributed by atoms with E-state index in [2.05, 4.69) is 24.1 Å². The SMILES string of the molecule is CC1CN(Cc2ccc(C(=O)NC(C)c3ccc(S(=O)(=O)N(C)C)cc3)cc2)CC(C)O1. The molecule has 3 rings (SSSR count). The molecule has 0 saturated carbocycles. The molecule has 1 N–H and O–H groups in total. The second-order valence-electron chi connectivity index (χ2n) is 8.70. The molecule has 0 spiro atoms. The molecule has 1 amide bonds. The number of nitrogens with one attached hydrogen (secondary N) is 1. The molecule has 32 heavy (non-hydrogen) atoms. The summed E-state index contributed by atoms with van der Waals surface area (Å²) in [7, 11) is -0.472. The molecule has 1 fully saturated rings. The molecule has 0 radical (unpaired) electrons. The Labute approximate surface area is 191 Å². The van der Waals surface area contributed by atoms with Gasteiger partial charge in [-0.25, -0.2) is 12.7 Å². The average molecular weight is 460 g/mol. The van der Waals surface area contributed by atoms with Crippen molar-refractivity contribution < 1.29 is 17.9 Å². The third kappa shape index (κ3) is 5.95. The number of benzene rings is 2. The maximum absolute atomic E-state index is 12.7. The number of rotatable bonds is 7. The van der Waals surface area contributed by atoms with E-state index in [4.69, 9.17) is 4.74 Å². The van der Waals surface area contributed by atoms with Gasteiger partial charge in [-0.15, -0.1) is 0 Å². The number of amides is 1. The average Bonchev–Trinajstić information content (AvgIpc) is 2.73. The lowest BCUT2D eigenvalue weighted by Crippen LogP contribution is -2.44. The molecule has 3 atom stereocenters. The molecule has 7 nitrogen and oxygen atoms in total. The fourth-order valence-electron chi connectivity index (χ4n) is 3.94. The minimum absolute atomic E-state index is 0.164. The molecule has 2 aromatic rings. The van der Waals surface area contributed by atoms with Crippen LogP contribution < -0.4 is 5.32 Å². The van der Waals surface area contributed by atoms with Crippen LogP contribution in [0.1, 0.15) is 48.3 Å². The third-order valence-electron chi connectivity index (χ3n) is 5.62. The summed E-state index contributed by atoms with van der Waals surface area (Å²) in [6.45, 7) is 8.69. The number of hydrogen-bond acceptors (Lipinski definition) is 5. The Hall–Kier alpha value is -2.26. The molecule has 0 aromatic heterocycles. The summed E-state index contributed by atoms with van der Waals surface area (Å²) in [5, 5.41) is 2.98. The lowest BCUT2D eigenvalue weighted by molar-refractivity contribution is -0.0704. The van der Waals surface area contributed by atoms with Crippen molar-refractivity contribution in [3.05, 3.63) is 65.2 Å². The highest BCUT2D eigenvalue weighted by Gasteiger charge is 2.22. The van der Waals surface area contributed by atoms with E-state index in [-0.39, 0.29) is 29.1 Å². The van der Waals surface area contributed by atoms with Crippen LogP contribution in [0.15, 0.2) is 53.4 Å². The molecule has 1 aliphatic heterocycles. The molecule has 0 aliphatic carbocycles. The van der Waals surface area contributed by atoms with Crippen LogP contribution in [0.3, 0.4) is 0 Å². The molecule has 2 aromatic carbocycles. The summed E-state index contributed by atoms with van der Waals surface area (Å²) in [6, 6.07) is 14.0. The maximum Gasteiger partial charge on any atom is 0.251 e.